The van der Waals surface area contributed by atoms with Crippen molar-refractivity contribution in [2.45, 2.75) is 38.0 Å². The van der Waals surface area contributed by atoms with Crippen LogP contribution in [0.3, 0.4) is 0 Å². The number of halogens is 1. The van der Waals surface area contributed by atoms with E-state index in [-0.39, 0.29) is 11.3 Å². The van der Waals surface area contributed by atoms with E-state index in [4.69, 9.17) is 16.3 Å². The molecule has 0 radical (unpaired) electrons. The molecule has 1 saturated heterocycles. The molecule has 0 bridgehead atoms. The van der Waals surface area contributed by atoms with E-state index in [1.165, 1.54) is 5.56 Å². The lowest BCUT2D eigenvalue weighted by atomic mass is 9.74. The Hall–Kier alpha value is -2.10. The highest BCUT2D eigenvalue weighted by atomic mass is 35.5. The van der Waals surface area contributed by atoms with E-state index in [9.17, 15) is 4.79 Å². The second-order valence-electron chi connectivity index (χ2n) is 7.57. The van der Waals surface area contributed by atoms with Crippen LogP contribution in [0.25, 0.3) is 0 Å². The van der Waals surface area contributed by atoms with Gasteiger partial charge in [-0.3, -0.25) is 4.79 Å². The van der Waals surface area contributed by atoms with E-state index in [2.05, 4.69) is 23.5 Å². The predicted molar refractivity (Wildman–Crippen MR) is 115 cm³/mol. The van der Waals surface area contributed by atoms with Crippen LogP contribution in [0.4, 0.5) is 0 Å². The molecule has 0 atom stereocenters. The van der Waals surface area contributed by atoms with Gasteiger partial charge in [-0.05, 0) is 49.8 Å². The SMILES string of the molecule is C/C(=C\C(=O)NCC1(c2ccccc2Cl)CCOCC1)CCc1ccccc1. The fourth-order valence-corrected chi connectivity index (χ4v) is 4.12. The molecule has 0 aliphatic carbocycles. The zero-order chi connectivity index (χ0) is 19.8. The standard InChI is InChI=1S/C24H28ClNO2/c1-19(11-12-20-7-3-2-4-8-20)17-23(27)26-18-24(13-15-28-16-14-24)21-9-5-6-10-22(21)25/h2-10,17H,11-16,18H2,1H3,(H,26,27)/b19-17+. The lowest BCUT2D eigenvalue weighted by molar-refractivity contribution is -0.117. The van der Waals surface area contributed by atoms with Crippen LogP contribution in [0, 0.1) is 0 Å². The summed E-state index contributed by atoms with van der Waals surface area (Å²) in [5, 5.41) is 3.88. The van der Waals surface area contributed by atoms with Crippen molar-refractivity contribution in [2.75, 3.05) is 19.8 Å². The average molecular weight is 398 g/mol. The number of rotatable bonds is 7. The maximum absolute atomic E-state index is 12.5. The summed E-state index contributed by atoms with van der Waals surface area (Å²) in [4.78, 5) is 12.5. The van der Waals surface area contributed by atoms with Crippen molar-refractivity contribution in [2.24, 2.45) is 0 Å². The molecule has 28 heavy (non-hydrogen) atoms. The van der Waals surface area contributed by atoms with Crippen LogP contribution in [-0.2, 0) is 21.4 Å². The smallest absolute Gasteiger partial charge is 0.243 e. The topological polar surface area (TPSA) is 38.3 Å². The number of ether oxygens (including phenoxy) is 1. The molecule has 0 saturated carbocycles. The Labute approximate surface area is 172 Å². The number of nitrogens with one attached hydrogen (secondary N) is 1. The first kappa shape index (κ1) is 20.6. The van der Waals surface area contributed by atoms with Crippen LogP contribution in [0.1, 0.15) is 37.3 Å². The molecule has 1 aliphatic rings. The molecule has 1 N–H and O–H groups in total. The molecule has 2 aromatic carbocycles. The van der Waals surface area contributed by atoms with Crippen LogP contribution in [0.2, 0.25) is 5.02 Å². The minimum atomic E-state index is -0.169. The summed E-state index contributed by atoms with van der Waals surface area (Å²) in [7, 11) is 0. The molecule has 0 aromatic heterocycles. The Bertz CT molecular complexity index is 810. The highest BCUT2D eigenvalue weighted by molar-refractivity contribution is 6.31. The number of benzene rings is 2. The third kappa shape index (κ3) is 5.46. The maximum Gasteiger partial charge on any atom is 0.243 e. The summed E-state index contributed by atoms with van der Waals surface area (Å²) in [6.45, 7) is 3.96. The minimum absolute atomic E-state index is 0.0384. The first-order valence-corrected chi connectivity index (χ1v) is 10.3. The van der Waals surface area contributed by atoms with E-state index < -0.39 is 0 Å². The Kier molecular flexibility index (Phi) is 7.30. The third-order valence-electron chi connectivity index (χ3n) is 5.52. The Morgan fingerprint density at radius 2 is 1.79 bits per heavy atom. The van der Waals surface area contributed by atoms with Crippen molar-refractivity contribution in [1.29, 1.82) is 0 Å². The highest BCUT2D eigenvalue weighted by Crippen LogP contribution is 2.38. The molecule has 1 aliphatic heterocycles. The Morgan fingerprint density at radius 1 is 1.11 bits per heavy atom. The Balaban J connectivity index is 1.61. The van der Waals surface area contributed by atoms with Gasteiger partial charge in [-0.25, -0.2) is 0 Å². The number of allylic oxidation sites excluding steroid dienone is 1. The predicted octanol–water partition coefficient (Wildman–Crippen LogP) is 5.08. The van der Waals surface area contributed by atoms with Crippen molar-refractivity contribution in [1.82, 2.24) is 5.32 Å². The van der Waals surface area contributed by atoms with E-state index >= 15 is 0 Å². The van der Waals surface area contributed by atoms with Crippen LogP contribution in [0.15, 0.2) is 66.2 Å². The largest absolute Gasteiger partial charge is 0.381 e. The number of aryl methyl sites for hydroxylation is 1. The van der Waals surface area contributed by atoms with E-state index in [0.29, 0.717) is 19.8 Å². The van der Waals surface area contributed by atoms with Gasteiger partial charge in [0.05, 0.1) is 0 Å². The Morgan fingerprint density at radius 3 is 2.50 bits per heavy atom. The molecule has 2 aromatic rings. The van der Waals surface area contributed by atoms with E-state index in [1.54, 1.807) is 6.08 Å². The number of carbonyl (C=O) groups excluding carboxylic acids is 1. The van der Waals surface area contributed by atoms with Gasteiger partial charge in [-0.15, -0.1) is 0 Å². The van der Waals surface area contributed by atoms with Gasteiger partial charge in [0, 0.05) is 36.3 Å². The normalized spacial score (nSPS) is 16.6. The fourth-order valence-electron chi connectivity index (χ4n) is 3.78. The number of hydrogen-bond donors (Lipinski definition) is 1. The lowest BCUT2D eigenvalue weighted by Gasteiger charge is -2.38. The molecule has 4 heteroatoms. The van der Waals surface area contributed by atoms with Crippen LogP contribution in [0.5, 0.6) is 0 Å². The molecule has 3 nitrogen and oxygen atoms in total. The molecule has 1 amide bonds. The van der Waals surface area contributed by atoms with Crippen molar-refractivity contribution < 1.29 is 9.53 Å². The van der Waals surface area contributed by atoms with Gasteiger partial charge in [0.1, 0.15) is 0 Å². The van der Waals surface area contributed by atoms with E-state index in [1.807, 2.05) is 43.3 Å². The van der Waals surface area contributed by atoms with Gasteiger partial charge in [0.25, 0.3) is 0 Å². The van der Waals surface area contributed by atoms with Gasteiger partial charge in [0.15, 0.2) is 0 Å². The molecule has 0 spiro atoms. The van der Waals surface area contributed by atoms with Gasteiger partial charge in [-0.2, -0.15) is 0 Å². The zero-order valence-electron chi connectivity index (χ0n) is 16.4. The lowest BCUT2D eigenvalue weighted by Crippen LogP contribution is -2.44. The first-order chi connectivity index (χ1) is 13.6. The van der Waals surface area contributed by atoms with Gasteiger partial charge < -0.3 is 10.1 Å². The summed E-state index contributed by atoms with van der Waals surface area (Å²) in [5.74, 6) is -0.0384. The molecule has 1 fully saturated rings. The second-order valence-corrected chi connectivity index (χ2v) is 7.97. The second kappa shape index (κ2) is 9.90. The number of hydrogen-bond acceptors (Lipinski definition) is 2. The number of carbonyl (C=O) groups is 1. The fraction of sp³-hybridized carbons (Fsp3) is 0.375. The monoisotopic (exact) mass is 397 g/mol. The molecule has 0 unspecified atom stereocenters. The van der Waals surface area contributed by atoms with Crippen molar-refractivity contribution in [3.8, 4) is 0 Å². The zero-order valence-corrected chi connectivity index (χ0v) is 17.2. The molecule has 1 heterocycles. The molecule has 148 valence electrons. The van der Waals surface area contributed by atoms with Crippen molar-refractivity contribution in [3.63, 3.8) is 0 Å². The van der Waals surface area contributed by atoms with Crippen LogP contribution >= 0.6 is 11.6 Å². The highest BCUT2D eigenvalue weighted by Gasteiger charge is 2.36. The minimum Gasteiger partial charge on any atom is -0.381 e. The summed E-state index contributed by atoms with van der Waals surface area (Å²) in [6.07, 6.45) is 5.25. The molecular weight excluding hydrogens is 370 g/mol. The van der Waals surface area contributed by atoms with Gasteiger partial charge in [0.2, 0.25) is 5.91 Å². The van der Waals surface area contributed by atoms with Crippen molar-refractivity contribution in [3.05, 3.63) is 82.4 Å². The van der Waals surface area contributed by atoms with Gasteiger partial charge >= 0.3 is 0 Å². The molecular formula is C24H28ClNO2. The maximum atomic E-state index is 12.5. The number of amides is 1. The first-order valence-electron chi connectivity index (χ1n) is 9.91. The summed E-state index contributed by atoms with van der Waals surface area (Å²) >= 11 is 6.48. The van der Waals surface area contributed by atoms with Crippen LogP contribution < -0.4 is 5.32 Å². The third-order valence-corrected chi connectivity index (χ3v) is 5.85. The summed E-state index contributed by atoms with van der Waals surface area (Å²) in [6, 6.07) is 18.3. The summed E-state index contributed by atoms with van der Waals surface area (Å²) in [5.41, 5.74) is 3.30. The van der Waals surface area contributed by atoms with E-state index in [0.717, 1.165) is 41.8 Å². The summed E-state index contributed by atoms with van der Waals surface area (Å²) < 4.78 is 5.56. The van der Waals surface area contributed by atoms with Crippen molar-refractivity contribution >= 4 is 17.5 Å². The average Bonchev–Trinajstić information content (AvgIpc) is 2.72. The quantitative estimate of drug-likeness (QED) is 0.661. The van der Waals surface area contributed by atoms with Gasteiger partial charge in [-0.1, -0.05) is 65.7 Å². The van der Waals surface area contributed by atoms with Crippen LogP contribution in [-0.4, -0.2) is 25.7 Å². The molecule has 3 rings (SSSR count).